The number of anilines is 1. The minimum atomic E-state index is -0.521. The molecule has 1 fully saturated rings. The number of carbonyl (C=O) groups is 3. The van der Waals surface area contributed by atoms with Crippen molar-refractivity contribution in [1.82, 2.24) is 10.9 Å². The summed E-state index contributed by atoms with van der Waals surface area (Å²) in [7, 11) is 0. The number of halogens is 1. The molecule has 1 aliphatic rings. The molecular formula is C20H20BrN3O3. The number of hydrogen-bond acceptors (Lipinski definition) is 3. The van der Waals surface area contributed by atoms with Crippen molar-refractivity contribution in [2.75, 3.05) is 11.4 Å². The predicted octanol–water partition coefficient (Wildman–Crippen LogP) is 2.83. The summed E-state index contributed by atoms with van der Waals surface area (Å²) < 4.78 is 0.795. The third kappa shape index (κ3) is 4.36. The number of aryl methyl sites for hydroxylation is 1. The van der Waals surface area contributed by atoms with Gasteiger partial charge >= 0.3 is 0 Å². The first kappa shape index (κ1) is 19.1. The smallest absolute Gasteiger partial charge is 0.269 e. The van der Waals surface area contributed by atoms with E-state index in [1.54, 1.807) is 17.0 Å². The Morgan fingerprint density at radius 3 is 2.48 bits per heavy atom. The molecule has 27 heavy (non-hydrogen) atoms. The molecule has 2 aromatic rings. The molecule has 1 saturated heterocycles. The standard InChI is InChI=1S/C20H20BrN3O3/c1-2-13-7-9-14(10-8-13)19(26)22-23-20(27)15-11-18(25)24(12-15)17-6-4-3-5-16(17)21/h3-10,15H,2,11-12H2,1H3,(H,22,26)(H,23,27). The monoisotopic (exact) mass is 429 g/mol. The van der Waals surface area contributed by atoms with Crippen molar-refractivity contribution in [1.29, 1.82) is 0 Å². The molecular weight excluding hydrogens is 410 g/mol. The Labute approximate surface area is 166 Å². The Hall–Kier alpha value is -2.67. The van der Waals surface area contributed by atoms with Gasteiger partial charge in [0.2, 0.25) is 11.8 Å². The molecule has 2 N–H and O–H groups in total. The first-order chi connectivity index (χ1) is 13.0. The summed E-state index contributed by atoms with van der Waals surface area (Å²) in [4.78, 5) is 38.4. The fourth-order valence-electron chi connectivity index (χ4n) is 2.97. The quantitative estimate of drug-likeness (QED) is 0.733. The Morgan fingerprint density at radius 2 is 1.81 bits per heavy atom. The summed E-state index contributed by atoms with van der Waals surface area (Å²) in [6.45, 7) is 2.31. The van der Waals surface area contributed by atoms with Gasteiger partial charge in [-0.2, -0.15) is 0 Å². The molecule has 0 saturated carbocycles. The van der Waals surface area contributed by atoms with E-state index in [9.17, 15) is 14.4 Å². The van der Waals surface area contributed by atoms with Gasteiger partial charge < -0.3 is 4.90 Å². The molecule has 3 amide bonds. The number of nitrogens with one attached hydrogen (secondary N) is 2. The third-order valence-corrected chi connectivity index (χ3v) is 5.23. The van der Waals surface area contributed by atoms with Gasteiger partial charge in [0.1, 0.15) is 0 Å². The SMILES string of the molecule is CCc1ccc(C(=O)NNC(=O)C2CC(=O)N(c3ccccc3Br)C2)cc1. The van der Waals surface area contributed by atoms with Crippen LogP contribution < -0.4 is 15.8 Å². The van der Waals surface area contributed by atoms with Crippen molar-refractivity contribution in [2.45, 2.75) is 19.8 Å². The van der Waals surface area contributed by atoms with Crippen molar-refractivity contribution >= 4 is 39.3 Å². The Kier molecular flexibility index (Phi) is 5.91. The van der Waals surface area contributed by atoms with E-state index >= 15 is 0 Å². The normalized spacial score (nSPS) is 16.3. The van der Waals surface area contributed by atoms with E-state index in [0.29, 0.717) is 5.56 Å². The molecule has 2 aromatic carbocycles. The van der Waals surface area contributed by atoms with Crippen LogP contribution in [0.5, 0.6) is 0 Å². The minimum absolute atomic E-state index is 0.105. The molecule has 1 atom stereocenters. The van der Waals surface area contributed by atoms with Gasteiger partial charge in [0.25, 0.3) is 5.91 Å². The van der Waals surface area contributed by atoms with Crippen LogP contribution in [0.4, 0.5) is 5.69 Å². The van der Waals surface area contributed by atoms with Crippen molar-refractivity contribution < 1.29 is 14.4 Å². The Morgan fingerprint density at radius 1 is 1.11 bits per heavy atom. The maximum absolute atomic E-state index is 12.4. The van der Waals surface area contributed by atoms with Crippen molar-refractivity contribution in [2.24, 2.45) is 5.92 Å². The van der Waals surface area contributed by atoms with Gasteiger partial charge in [-0.3, -0.25) is 25.2 Å². The zero-order valence-corrected chi connectivity index (χ0v) is 16.5. The van der Waals surface area contributed by atoms with Crippen LogP contribution in [0.15, 0.2) is 53.0 Å². The van der Waals surface area contributed by atoms with Crippen LogP contribution in [-0.2, 0) is 16.0 Å². The zero-order chi connectivity index (χ0) is 19.4. The summed E-state index contributed by atoms with van der Waals surface area (Å²) in [6.07, 6.45) is 0.997. The fourth-order valence-corrected chi connectivity index (χ4v) is 3.47. The van der Waals surface area contributed by atoms with E-state index < -0.39 is 11.8 Å². The summed E-state index contributed by atoms with van der Waals surface area (Å²) in [5, 5.41) is 0. The van der Waals surface area contributed by atoms with E-state index in [1.165, 1.54) is 0 Å². The molecule has 0 bridgehead atoms. The number of nitrogens with zero attached hydrogens (tertiary/aromatic N) is 1. The number of para-hydroxylation sites is 1. The van der Waals surface area contributed by atoms with Crippen LogP contribution in [0.3, 0.4) is 0 Å². The van der Waals surface area contributed by atoms with E-state index in [4.69, 9.17) is 0 Å². The predicted molar refractivity (Wildman–Crippen MR) is 106 cm³/mol. The van der Waals surface area contributed by atoms with Crippen molar-refractivity contribution in [3.63, 3.8) is 0 Å². The highest BCUT2D eigenvalue weighted by Gasteiger charge is 2.35. The average molecular weight is 430 g/mol. The number of amides is 3. The van der Waals surface area contributed by atoms with Crippen LogP contribution in [0.2, 0.25) is 0 Å². The highest BCUT2D eigenvalue weighted by molar-refractivity contribution is 9.10. The van der Waals surface area contributed by atoms with Gasteiger partial charge in [0.05, 0.1) is 11.6 Å². The van der Waals surface area contributed by atoms with Crippen LogP contribution >= 0.6 is 15.9 Å². The lowest BCUT2D eigenvalue weighted by Crippen LogP contribution is -2.45. The third-order valence-electron chi connectivity index (χ3n) is 4.56. The van der Waals surface area contributed by atoms with E-state index in [2.05, 4.69) is 26.8 Å². The summed E-state index contributed by atoms with van der Waals surface area (Å²) in [6, 6.07) is 14.6. The highest BCUT2D eigenvalue weighted by atomic mass is 79.9. The lowest BCUT2D eigenvalue weighted by atomic mass is 10.1. The van der Waals surface area contributed by atoms with Gasteiger partial charge in [0.15, 0.2) is 0 Å². The second-order valence-electron chi connectivity index (χ2n) is 6.35. The molecule has 0 spiro atoms. The van der Waals surface area contributed by atoms with Crippen LogP contribution in [0.25, 0.3) is 0 Å². The lowest BCUT2D eigenvalue weighted by Gasteiger charge is -2.18. The fraction of sp³-hybridized carbons (Fsp3) is 0.250. The van der Waals surface area contributed by atoms with Gasteiger partial charge in [-0.15, -0.1) is 0 Å². The molecule has 1 heterocycles. The highest BCUT2D eigenvalue weighted by Crippen LogP contribution is 2.31. The van der Waals surface area contributed by atoms with Crippen LogP contribution in [0, 0.1) is 5.92 Å². The summed E-state index contributed by atoms with van der Waals surface area (Å²) in [5.74, 6) is -1.41. The first-order valence-electron chi connectivity index (χ1n) is 8.73. The molecule has 0 aliphatic carbocycles. The van der Waals surface area contributed by atoms with Gasteiger partial charge in [-0.1, -0.05) is 31.2 Å². The van der Waals surface area contributed by atoms with E-state index in [0.717, 1.165) is 22.1 Å². The molecule has 7 heteroatoms. The Balaban J connectivity index is 1.57. The number of hydrogen-bond donors (Lipinski definition) is 2. The topological polar surface area (TPSA) is 78.5 Å². The van der Waals surface area contributed by atoms with E-state index in [-0.39, 0.29) is 24.8 Å². The van der Waals surface area contributed by atoms with Gasteiger partial charge in [-0.05, 0) is 52.2 Å². The number of hydrazine groups is 1. The van der Waals surface area contributed by atoms with Gasteiger partial charge in [-0.25, -0.2) is 0 Å². The summed E-state index contributed by atoms with van der Waals surface area (Å²) >= 11 is 3.43. The Bertz CT molecular complexity index is 867. The molecule has 6 nitrogen and oxygen atoms in total. The van der Waals surface area contributed by atoms with E-state index in [1.807, 2.05) is 43.3 Å². The second-order valence-corrected chi connectivity index (χ2v) is 7.20. The van der Waals surface area contributed by atoms with Gasteiger partial charge in [0, 0.05) is 23.0 Å². The average Bonchev–Trinajstić information content (AvgIpc) is 3.08. The van der Waals surface area contributed by atoms with Crippen molar-refractivity contribution in [3.8, 4) is 0 Å². The second kappa shape index (κ2) is 8.35. The molecule has 1 unspecified atom stereocenters. The maximum Gasteiger partial charge on any atom is 0.269 e. The summed E-state index contributed by atoms with van der Waals surface area (Å²) in [5.41, 5.74) is 7.17. The number of rotatable bonds is 4. The van der Waals surface area contributed by atoms with Crippen molar-refractivity contribution in [3.05, 3.63) is 64.1 Å². The van der Waals surface area contributed by atoms with Crippen LogP contribution in [0.1, 0.15) is 29.3 Å². The molecule has 3 rings (SSSR count). The number of carbonyl (C=O) groups excluding carboxylic acids is 3. The molecule has 0 aromatic heterocycles. The number of benzene rings is 2. The lowest BCUT2D eigenvalue weighted by molar-refractivity contribution is -0.126. The minimum Gasteiger partial charge on any atom is -0.310 e. The van der Waals surface area contributed by atoms with Crippen LogP contribution in [-0.4, -0.2) is 24.3 Å². The zero-order valence-electron chi connectivity index (χ0n) is 14.9. The maximum atomic E-state index is 12.4. The first-order valence-corrected chi connectivity index (χ1v) is 9.53. The molecule has 140 valence electrons. The molecule has 0 radical (unpaired) electrons. The largest absolute Gasteiger partial charge is 0.310 e. The molecule has 1 aliphatic heterocycles.